The minimum atomic E-state index is -0.153. The molecule has 4 aliphatic carbocycles. The largest absolute Gasteiger partial charge is 0.393 e. The molecule has 1 N–H and O–H groups in total. The van der Waals surface area contributed by atoms with Crippen molar-refractivity contribution in [1.82, 2.24) is 14.9 Å². The fraction of sp³-hybridized carbons (Fsp3) is 0.750. The van der Waals surface area contributed by atoms with Gasteiger partial charge in [-0.25, -0.2) is 9.97 Å². The van der Waals surface area contributed by atoms with E-state index in [-0.39, 0.29) is 16.9 Å². The summed E-state index contributed by atoms with van der Waals surface area (Å²) in [7, 11) is 0. The number of aliphatic hydroxyl groups excluding tert-OH is 1. The second-order valence-electron chi connectivity index (χ2n) is 14.0. The summed E-state index contributed by atoms with van der Waals surface area (Å²) in [6, 6.07) is 1.89. The summed E-state index contributed by atoms with van der Waals surface area (Å²) in [5, 5.41) is 10.8. The number of hydrogen-bond donors (Lipinski definition) is 1. The Kier molecular flexibility index (Phi) is 6.35. The van der Waals surface area contributed by atoms with Crippen LogP contribution in [0.2, 0.25) is 0 Å². The van der Waals surface area contributed by atoms with Gasteiger partial charge in [-0.15, -0.1) is 0 Å². The van der Waals surface area contributed by atoms with Gasteiger partial charge >= 0.3 is 0 Å². The van der Waals surface area contributed by atoms with Crippen LogP contribution in [0.4, 0.5) is 5.95 Å². The molecule has 2 fully saturated rings. The fourth-order valence-corrected chi connectivity index (χ4v) is 9.70. The number of aromatic nitrogens is 2. The van der Waals surface area contributed by atoms with Crippen LogP contribution in [-0.2, 0) is 0 Å². The van der Waals surface area contributed by atoms with Crippen LogP contribution in [0.25, 0.3) is 0 Å². The zero-order valence-corrected chi connectivity index (χ0v) is 23.8. The first kappa shape index (κ1) is 25.6. The Hall–Kier alpha value is -1.72. The number of anilines is 1. The topological polar surface area (TPSA) is 52.5 Å². The van der Waals surface area contributed by atoms with Crippen molar-refractivity contribution in [3.8, 4) is 0 Å². The van der Waals surface area contributed by atoms with E-state index in [0.717, 1.165) is 50.9 Å². The highest BCUT2D eigenvalue weighted by Crippen LogP contribution is 2.66. The van der Waals surface area contributed by atoms with Crippen LogP contribution in [0.5, 0.6) is 0 Å². The Morgan fingerprint density at radius 3 is 2.43 bits per heavy atom. The van der Waals surface area contributed by atoms with Gasteiger partial charge in [0.25, 0.3) is 0 Å². The molecule has 0 bridgehead atoms. The van der Waals surface area contributed by atoms with E-state index >= 15 is 0 Å². The molecule has 37 heavy (non-hydrogen) atoms. The maximum Gasteiger partial charge on any atom is 0.225 e. The average Bonchev–Trinajstić information content (AvgIpc) is 3.25. The third kappa shape index (κ3) is 4.02. The van der Waals surface area contributed by atoms with Gasteiger partial charge in [0.15, 0.2) is 0 Å². The highest BCUT2D eigenvalue weighted by Gasteiger charge is 2.57. The Balaban J connectivity index is 1.15. The third-order valence-corrected chi connectivity index (χ3v) is 11.9. The average molecular weight is 505 g/mol. The number of hydrogen-bond acceptors (Lipinski definition) is 5. The first-order valence-electron chi connectivity index (χ1n) is 15.0. The summed E-state index contributed by atoms with van der Waals surface area (Å²) < 4.78 is 0. The number of allylic oxidation sites excluding steroid dienone is 4. The van der Waals surface area contributed by atoms with Crippen molar-refractivity contribution in [2.24, 2.45) is 34.0 Å². The van der Waals surface area contributed by atoms with Crippen LogP contribution >= 0.6 is 0 Å². The van der Waals surface area contributed by atoms with Gasteiger partial charge in [0.1, 0.15) is 0 Å². The summed E-state index contributed by atoms with van der Waals surface area (Å²) in [5.41, 5.74) is 5.85. The minimum Gasteiger partial charge on any atom is -0.393 e. The van der Waals surface area contributed by atoms with Crippen molar-refractivity contribution in [1.29, 1.82) is 0 Å². The highest BCUT2D eigenvalue weighted by atomic mass is 16.3. The summed E-state index contributed by atoms with van der Waals surface area (Å²) >= 11 is 0. The quantitative estimate of drug-likeness (QED) is 0.555. The van der Waals surface area contributed by atoms with Gasteiger partial charge in [0.2, 0.25) is 5.95 Å². The van der Waals surface area contributed by atoms with Crippen LogP contribution in [0.15, 0.2) is 41.3 Å². The number of aliphatic hydroxyl groups is 1. The Labute approximate surface area is 224 Å². The predicted octanol–water partition coefficient (Wildman–Crippen LogP) is 5.87. The van der Waals surface area contributed by atoms with Crippen LogP contribution in [-0.4, -0.2) is 58.8 Å². The third-order valence-electron chi connectivity index (χ3n) is 11.9. The lowest BCUT2D eigenvalue weighted by Crippen LogP contribution is -2.53. The number of piperazine rings is 1. The van der Waals surface area contributed by atoms with E-state index < -0.39 is 0 Å². The van der Waals surface area contributed by atoms with Gasteiger partial charge < -0.3 is 10.0 Å². The molecule has 1 aliphatic heterocycles. The summed E-state index contributed by atoms with van der Waals surface area (Å²) in [6.45, 7) is 17.8. The van der Waals surface area contributed by atoms with E-state index in [0.29, 0.717) is 17.3 Å². The van der Waals surface area contributed by atoms with Crippen molar-refractivity contribution in [3.05, 3.63) is 41.3 Å². The number of fused-ring (bicyclic) bond motifs is 4. The lowest BCUT2D eigenvalue weighted by atomic mass is 9.46. The molecule has 1 aromatic rings. The fourth-order valence-electron chi connectivity index (χ4n) is 9.70. The van der Waals surface area contributed by atoms with Gasteiger partial charge in [0.05, 0.1) is 6.10 Å². The van der Waals surface area contributed by atoms with Gasteiger partial charge in [-0.2, -0.15) is 0 Å². The van der Waals surface area contributed by atoms with Crippen LogP contribution in [0.3, 0.4) is 0 Å². The Morgan fingerprint density at radius 1 is 0.973 bits per heavy atom. The van der Waals surface area contributed by atoms with Crippen molar-refractivity contribution in [2.75, 3.05) is 37.6 Å². The first-order chi connectivity index (χ1) is 17.6. The minimum absolute atomic E-state index is 0.0179. The van der Waals surface area contributed by atoms with Crippen molar-refractivity contribution < 1.29 is 5.11 Å². The highest BCUT2D eigenvalue weighted by molar-refractivity contribution is 5.50. The van der Waals surface area contributed by atoms with Gasteiger partial charge in [-0.1, -0.05) is 46.3 Å². The summed E-state index contributed by atoms with van der Waals surface area (Å²) in [6.07, 6.45) is 14.6. The van der Waals surface area contributed by atoms with E-state index in [2.05, 4.69) is 60.5 Å². The standard InChI is InChI=1S/C32H48N4O/c1-22(21-35-17-19-36(20-18-35)29-33-15-6-16-34-29)24-8-9-25-23-7-10-27-30(2,3)28(37)12-14-32(27,5)26(23)11-13-31(24,25)4/h6,9,15-16,22,24,27-28,37H,7-8,10-14,17-21H2,1-5H3/t22-,24+,27-,28-,31+,32+/m0/s1. The van der Waals surface area contributed by atoms with E-state index in [4.69, 9.17) is 0 Å². The molecule has 0 aromatic carbocycles. The lowest BCUT2D eigenvalue weighted by molar-refractivity contribution is -0.0905. The van der Waals surface area contributed by atoms with Gasteiger partial charge in [-0.3, -0.25) is 4.90 Å². The van der Waals surface area contributed by atoms with Crippen LogP contribution in [0.1, 0.15) is 79.6 Å². The molecule has 1 aromatic heterocycles. The SMILES string of the molecule is C[C@@H](CN1CCN(c2ncccn2)CC1)[C@H]1CC=C2C3=C(CC[C@@]21C)[C@@]1(C)CC[C@H](O)C(C)(C)[C@@H]1CC3. The maximum absolute atomic E-state index is 10.8. The zero-order chi connectivity index (χ0) is 26.0. The molecule has 1 saturated heterocycles. The Morgan fingerprint density at radius 2 is 1.70 bits per heavy atom. The molecule has 2 heterocycles. The zero-order valence-electron chi connectivity index (χ0n) is 23.8. The Bertz CT molecular complexity index is 1070. The lowest BCUT2D eigenvalue weighted by Gasteiger charge is -2.59. The molecule has 5 heteroatoms. The van der Waals surface area contributed by atoms with Gasteiger partial charge in [0, 0.05) is 45.1 Å². The smallest absolute Gasteiger partial charge is 0.225 e. The molecule has 1 saturated carbocycles. The van der Waals surface area contributed by atoms with Crippen molar-refractivity contribution in [2.45, 2.75) is 85.7 Å². The van der Waals surface area contributed by atoms with Gasteiger partial charge in [-0.05, 0) is 96.2 Å². The molecule has 6 rings (SSSR count). The van der Waals surface area contributed by atoms with E-state index in [9.17, 15) is 5.11 Å². The van der Waals surface area contributed by atoms with E-state index in [1.54, 1.807) is 16.7 Å². The molecule has 202 valence electrons. The monoisotopic (exact) mass is 504 g/mol. The second kappa shape index (κ2) is 9.19. The van der Waals surface area contributed by atoms with E-state index in [1.165, 1.54) is 38.6 Å². The normalized spacial score (nSPS) is 38.5. The predicted molar refractivity (Wildman–Crippen MR) is 150 cm³/mol. The van der Waals surface area contributed by atoms with Crippen molar-refractivity contribution in [3.63, 3.8) is 0 Å². The number of nitrogens with zero attached hydrogens (tertiary/aromatic N) is 4. The first-order valence-corrected chi connectivity index (χ1v) is 15.0. The maximum atomic E-state index is 10.8. The van der Waals surface area contributed by atoms with E-state index in [1.807, 2.05) is 18.5 Å². The second-order valence-corrected chi connectivity index (χ2v) is 14.0. The molecule has 0 radical (unpaired) electrons. The molecule has 0 unspecified atom stereocenters. The molecule has 5 aliphatic rings. The van der Waals surface area contributed by atoms with Crippen LogP contribution < -0.4 is 4.90 Å². The molecule has 0 spiro atoms. The molecular weight excluding hydrogens is 456 g/mol. The molecular formula is C32H48N4O. The number of rotatable bonds is 4. The summed E-state index contributed by atoms with van der Waals surface area (Å²) in [5.74, 6) is 2.90. The molecule has 0 amide bonds. The van der Waals surface area contributed by atoms with Crippen LogP contribution in [0, 0.1) is 34.0 Å². The molecule has 5 nitrogen and oxygen atoms in total. The summed E-state index contributed by atoms with van der Waals surface area (Å²) in [4.78, 5) is 13.9. The van der Waals surface area contributed by atoms with Crippen molar-refractivity contribution >= 4 is 5.95 Å². The molecule has 6 atom stereocenters.